The highest BCUT2D eigenvalue weighted by Gasteiger charge is 2.55. The van der Waals surface area contributed by atoms with Gasteiger partial charge in [-0.1, -0.05) is 62.7 Å². The van der Waals surface area contributed by atoms with E-state index in [0.717, 1.165) is 25.1 Å². The number of aliphatic imine (C=N–C) groups is 1. The third-order valence-electron chi connectivity index (χ3n) is 8.45. The minimum Gasteiger partial charge on any atom is -0.447 e. The Morgan fingerprint density at radius 3 is 2.32 bits per heavy atom. The summed E-state index contributed by atoms with van der Waals surface area (Å²) in [7, 11) is 0. The number of hydrogen-bond acceptors (Lipinski definition) is 8. The second-order valence-electron chi connectivity index (χ2n) is 14.2. The molecule has 2 amide bonds. The van der Waals surface area contributed by atoms with E-state index in [0.29, 0.717) is 32.6 Å². The number of hydrazone groups is 1. The largest absolute Gasteiger partial charge is 0.447 e. The van der Waals surface area contributed by atoms with Crippen molar-refractivity contribution >= 4 is 47.8 Å². The fourth-order valence-electron chi connectivity index (χ4n) is 5.96. The molecule has 2 atom stereocenters. The van der Waals surface area contributed by atoms with Gasteiger partial charge in [0.1, 0.15) is 18.5 Å². The second-order valence-corrected chi connectivity index (χ2v) is 14.6. The molecule has 0 unspecified atom stereocenters. The van der Waals surface area contributed by atoms with Crippen LogP contribution in [0.5, 0.6) is 0 Å². The maximum absolute atomic E-state index is 14.9. The molecule has 2 aliphatic rings. The summed E-state index contributed by atoms with van der Waals surface area (Å²) in [5.74, 6) is -1.14. The second kappa shape index (κ2) is 14.4. The zero-order valence-corrected chi connectivity index (χ0v) is 29.8. The molecule has 5 rings (SSSR count). The number of alkyl halides is 6. The van der Waals surface area contributed by atoms with Gasteiger partial charge in [0, 0.05) is 11.8 Å². The first kappa shape index (κ1) is 39.1. The number of nitrogens with one attached hydrogen (secondary N) is 3. The van der Waals surface area contributed by atoms with E-state index < -0.39 is 66.1 Å². The van der Waals surface area contributed by atoms with Crippen LogP contribution in [0.1, 0.15) is 64.8 Å². The molecule has 19 heteroatoms. The average Bonchev–Trinajstić information content (AvgIpc) is 3.65. The summed E-state index contributed by atoms with van der Waals surface area (Å²) in [5.41, 5.74) is -3.12. The maximum atomic E-state index is 14.9. The minimum atomic E-state index is -3.71. The van der Waals surface area contributed by atoms with Crippen LogP contribution in [0.3, 0.4) is 0 Å². The van der Waals surface area contributed by atoms with Gasteiger partial charge in [-0.05, 0) is 54.5 Å². The lowest BCUT2D eigenvalue weighted by molar-refractivity contribution is -0.134. The molecule has 2 aromatic carbocycles. The number of ether oxygens (including phenoxy) is 1. The van der Waals surface area contributed by atoms with Crippen LogP contribution in [0.4, 0.5) is 36.8 Å². The number of carbonyl (C=O) groups excluding carboxylic acids is 2. The maximum Gasteiger partial charge on any atom is 0.407 e. The van der Waals surface area contributed by atoms with Crippen LogP contribution in [-0.4, -0.2) is 69.8 Å². The van der Waals surface area contributed by atoms with E-state index in [9.17, 15) is 35.9 Å². The monoisotopic (exact) mass is 767 g/mol. The van der Waals surface area contributed by atoms with E-state index >= 15 is 0 Å². The smallest absolute Gasteiger partial charge is 0.407 e. The van der Waals surface area contributed by atoms with Crippen molar-refractivity contribution < 1.29 is 40.7 Å². The van der Waals surface area contributed by atoms with Crippen molar-refractivity contribution in [2.45, 2.75) is 77.2 Å². The number of guanidine groups is 1. The van der Waals surface area contributed by atoms with Gasteiger partial charge >= 0.3 is 18.7 Å². The van der Waals surface area contributed by atoms with E-state index in [-0.39, 0.29) is 22.7 Å². The van der Waals surface area contributed by atoms with E-state index in [1.54, 1.807) is 24.3 Å². The molecule has 3 aromatic rings. The lowest BCUT2D eigenvalue weighted by Crippen LogP contribution is -2.50. The molecule has 0 aliphatic carbocycles. The third kappa shape index (κ3) is 8.11. The van der Waals surface area contributed by atoms with Crippen molar-refractivity contribution in [2.24, 2.45) is 15.5 Å². The normalized spacial score (nSPS) is 19.3. The molecule has 284 valence electrons. The standard InChI is InChI=1S/C34H36ClF6N9O3/c1-31(2,3)16-33(22-9-6-19(7-10-22)21-13-44-48(14-21)28(38)39)27(51)49(29(42)46-33)25(15-53-30(52)47-32(4,5)26(36)37)20-8-11-23(35)24(12-20)50-34(40,41)17-43-18-45-50/h6-14,17-18,25-26,28H,15-16H2,1-5H3,(H2,42,46)(H,47,52)/t25-,33-/m1/s1. The van der Waals surface area contributed by atoms with Crippen LogP contribution >= 0.6 is 11.6 Å². The molecule has 2 aliphatic heterocycles. The topological polar surface area (TPSA) is 140 Å². The average molecular weight is 768 g/mol. The Morgan fingerprint density at radius 1 is 1.06 bits per heavy atom. The van der Waals surface area contributed by atoms with Crippen LogP contribution in [0.25, 0.3) is 11.1 Å². The Balaban J connectivity index is 1.57. The van der Waals surface area contributed by atoms with Crippen LogP contribution in [0, 0.1) is 10.8 Å². The lowest BCUT2D eigenvalue weighted by Gasteiger charge is -2.35. The molecule has 3 heterocycles. The number of anilines is 1. The van der Waals surface area contributed by atoms with E-state index in [2.05, 4.69) is 25.8 Å². The molecule has 3 N–H and O–H groups in total. The molecular weight excluding hydrogens is 732 g/mol. The van der Waals surface area contributed by atoms with Crippen molar-refractivity contribution in [3.05, 3.63) is 71.0 Å². The number of aromatic nitrogens is 2. The van der Waals surface area contributed by atoms with Crippen molar-refractivity contribution in [2.75, 3.05) is 11.6 Å². The highest BCUT2D eigenvalue weighted by Crippen LogP contribution is 2.44. The highest BCUT2D eigenvalue weighted by atomic mass is 35.5. The lowest BCUT2D eigenvalue weighted by atomic mass is 9.75. The SMILES string of the molecule is CC(C)(C)C[C@]1(c2ccc(-c3cnn(C(F)F)c3)cc2)NC(=N)N([C@H](COC(=O)NC(C)(C)C(F)F)c2ccc(Cl)c(N3N=CN=CC3(F)F)c2)C1=O. The molecule has 0 spiro atoms. The van der Waals surface area contributed by atoms with Gasteiger partial charge < -0.3 is 15.4 Å². The van der Waals surface area contributed by atoms with Gasteiger partial charge in [-0.3, -0.25) is 15.1 Å². The summed E-state index contributed by atoms with van der Waals surface area (Å²) in [6, 6.07) is 5.13. The number of hydrogen-bond donors (Lipinski definition) is 3. The van der Waals surface area contributed by atoms with E-state index in [1.807, 2.05) is 20.8 Å². The van der Waals surface area contributed by atoms with Crippen LogP contribution in [-0.2, 0) is 15.1 Å². The summed E-state index contributed by atoms with van der Waals surface area (Å²) in [6.45, 7) is 4.19. The van der Waals surface area contributed by atoms with Gasteiger partial charge in [0.25, 0.3) is 12.3 Å². The van der Waals surface area contributed by atoms with Gasteiger partial charge in [-0.25, -0.2) is 23.2 Å². The molecule has 0 saturated carbocycles. The van der Waals surface area contributed by atoms with Gasteiger partial charge in [0.05, 0.1) is 34.7 Å². The molecule has 12 nitrogen and oxygen atoms in total. The van der Waals surface area contributed by atoms with E-state index in [1.165, 1.54) is 30.6 Å². The number of amides is 2. The summed E-state index contributed by atoms with van der Waals surface area (Å²) in [5, 5.41) is 21.6. The summed E-state index contributed by atoms with van der Waals surface area (Å²) in [6.07, 6.45) is -0.475. The predicted molar refractivity (Wildman–Crippen MR) is 186 cm³/mol. The Labute approximate surface area is 305 Å². The number of alkyl carbamates (subject to hydrolysis) is 1. The number of halogens is 7. The van der Waals surface area contributed by atoms with Crippen molar-refractivity contribution in [3.8, 4) is 11.1 Å². The third-order valence-corrected chi connectivity index (χ3v) is 8.77. The molecule has 53 heavy (non-hydrogen) atoms. The number of rotatable bonds is 11. The zero-order valence-electron chi connectivity index (χ0n) is 29.1. The quantitative estimate of drug-likeness (QED) is 0.136. The molecule has 0 bridgehead atoms. The van der Waals surface area contributed by atoms with Gasteiger partial charge in [-0.2, -0.15) is 32.8 Å². The molecule has 1 saturated heterocycles. The first-order chi connectivity index (χ1) is 24.6. The van der Waals surface area contributed by atoms with Crippen LogP contribution in [0.15, 0.2) is 65.0 Å². The predicted octanol–water partition coefficient (Wildman–Crippen LogP) is 7.53. The molecule has 1 fully saturated rings. The van der Waals surface area contributed by atoms with Crippen LogP contribution < -0.4 is 15.6 Å². The fourth-order valence-corrected chi connectivity index (χ4v) is 6.16. The number of carbonyl (C=O) groups is 2. The summed E-state index contributed by atoms with van der Waals surface area (Å²) >= 11 is 6.34. The summed E-state index contributed by atoms with van der Waals surface area (Å²) in [4.78, 5) is 32.0. The van der Waals surface area contributed by atoms with Crippen molar-refractivity contribution in [1.82, 2.24) is 25.3 Å². The first-order valence-corrected chi connectivity index (χ1v) is 16.4. The van der Waals surface area contributed by atoms with Crippen molar-refractivity contribution in [1.29, 1.82) is 5.41 Å². The molecular formula is C34H36ClF6N9O3. The van der Waals surface area contributed by atoms with Gasteiger partial charge in [0.2, 0.25) is 0 Å². The number of nitrogens with zero attached hydrogens (tertiary/aromatic N) is 6. The minimum absolute atomic E-state index is 0.0664. The van der Waals surface area contributed by atoms with Gasteiger partial charge in [-0.15, -0.1) is 0 Å². The van der Waals surface area contributed by atoms with Crippen LogP contribution in [0.2, 0.25) is 5.02 Å². The molecule has 1 aromatic heterocycles. The number of benzene rings is 2. The Hall–Kier alpha value is -5.13. The van der Waals surface area contributed by atoms with E-state index in [4.69, 9.17) is 21.7 Å². The summed E-state index contributed by atoms with van der Waals surface area (Å²) < 4.78 is 89.1. The zero-order chi connectivity index (χ0) is 39.1. The first-order valence-electron chi connectivity index (χ1n) is 16.1. The van der Waals surface area contributed by atoms with Crippen molar-refractivity contribution in [3.63, 3.8) is 0 Å². The highest BCUT2D eigenvalue weighted by molar-refractivity contribution is 6.33. The fraction of sp³-hybridized carbons (Fsp3) is 0.412. The molecule has 0 radical (unpaired) electrons. The van der Waals surface area contributed by atoms with Gasteiger partial charge in [0.15, 0.2) is 5.96 Å². The Kier molecular flexibility index (Phi) is 10.6. The Bertz CT molecular complexity index is 1930. The Morgan fingerprint density at radius 2 is 1.74 bits per heavy atom.